The Labute approximate surface area is 182 Å². The molecule has 0 bridgehead atoms. The van der Waals surface area contributed by atoms with E-state index in [1.54, 1.807) is 0 Å². The van der Waals surface area contributed by atoms with Crippen molar-refractivity contribution in [3.05, 3.63) is 52.7 Å². The first-order valence-electron chi connectivity index (χ1n) is 11.0. The number of hydrogen-bond acceptors (Lipinski definition) is 3. The molecule has 162 valence electrons. The standard InChI is InChI=1S/C25H38ClNO2/c1-7-10-18(4)15-19(5)23-16-21(26)11-12-24(23)29-25(8-2,9-3)20(6)27-14-13-22(28)17-27/h10-12,16,19,22,28H,6-9,13-15,17H2,1-5H3/b18-10-. The van der Waals surface area contributed by atoms with Crippen molar-refractivity contribution in [2.75, 3.05) is 13.1 Å². The second kappa shape index (κ2) is 10.5. The highest BCUT2D eigenvalue weighted by molar-refractivity contribution is 6.30. The Morgan fingerprint density at radius 2 is 2.07 bits per heavy atom. The fourth-order valence-corrected chi connectivity index (χ4v) is 4.55. The molecule has 2 unspecified atom stereocenters. The molecule has 4 heteroatoms. The minimum Gasteiger partial charge on any atom is -0.481 e. The molecular formula is C25H38ClNO2. The van der Waals surface area contributed by atoms with Crippen LogP contribution in [0.4, 0.5) is 0 Å². The zero-order chi connectivity index (χ0) is 21.6. The summed E-state index contributed by atoms with van der Waals surface area (Å²) < 4.78 is 6.76. The van der Waals surface area contributed by atoms with Gasteiger partial charge in [0.15, 0.2) is 0 Å². The lowest BCUT2D eigenvalue weighted by Gasteiger charge is -2.40. The van der Waals surface area contributed by atoms with E-state index in [2.05, 4.69) is 52.2 Å². The van der Waals surface area contributed by atoms with Crippen LogP contribution in [0.2, 0.25) is 5.02 Å². The van der Waals surface area contributed by atoms with Crippen molar-refractivity contribution in [2.24, 2.45) is 0 Å². The summed E-state index contributed by atoms with van der Waals surface area (Å²) >= 11 is 6.36. The first-order valence-corrected chi connectivity index (χ1v) is 11.4. The van der Waals surface area contributed by atoms with E-state index in [-0.39, 0.29) is 6.10 Å². The number of allylic oxidation sites excluding steroid dienone is 2. The van der Waals surface area contributed by atoms with Gasteiger partial charge in [0.25, 0.3) is 0 Å². The highest BCUT2D eigenvalue weighted by Gasteiger charge is 2.38. The number of hydrogen-bond donors (Lipinski definition) is 1. The van der Waals surface area contributed by atoms with Crippen molar-refractivity contribution < 1.29 is 9.84 Å². The SMILES string of the molecule is C=C(N1CCC(O)C1)C(CC)(CC)Oc1ccc(Cl)cc1C(C)C/C(C)=C\CC. The molecule has 0 spiro atoms. The highest BCUT2D eigenvalue weighted by atomic mass is 35.5. The van der Waals surface area contributed by atoms with Crippen LogP contribution in [-0.2, 0) is 0 Å². The molecule has 0 aromatic heterocycles. The number of aliphatic hydroxyl groups is 1. The number of benzene rings is 1. The van der Waals surface area contributed by atoms with Crippen LogP contribution >= 0.6 is 11.6 Å². The van der Waals surface area contributed by atoms with Gasteiger partial charge in [-0.05, 0) is 68.7 Å². The lowest BCUT2D eigenvalue weighted by Crippen LogP contribution is -2.44. The Hall–Kier alpha value is -1.45. The number of β-amino-alcohol motifs (C(OH)–C–C–N with tert-alkyl or cyclic N) is 1. The first-order chi connectivity index (χ1) is 13.8. The first kappa shape index (κ1) is 23.8. The lowest BCUT2D eigenvalue weighted by atomic mass is 9.90. The minimum absolute atomic E-state index is 0.280. The second-order valence-corrected chi connectivity index (χ2v) is 8.82. The van der Waals surface area contributed by atoms with E-state index >= 15 is 0 Å². The lowest BCUT2D eigenvalue weighted by molar-refractivity contribution is 0.0647. The maximum atomic E-state index is 9.98. The molecule has 0 amide bonds. The molecule has 0 aliphatic carbocycles. The van der Waals surface area contributed by atoms with Crippen LogP contribution < -0.4 is 4.74 Å². The normalized spacial score (nSPS) is 18.8. The third-order valence-corrected chi connectivity index (χ3v) is 6.44. The van der Waals surface area contributed by atoms with Crippen LogP contribution in [-0.4, -0.2) is 34.8 Å². The maximum absolute atomic E-state index is 9.98. The molecule has 1 aliphatic rings. The molecule has 2 rings (SSSR count). The van der Waals surface area contributed by atoms with Gasteiger partial charge in [-0.25, -0.2) is 0 Å². The Morgan fingerprint density at radius 3 is 2.62 bits per heavy atom. The van der Waals surface area contributed by atoms with Crippen molar-refractivity contribution in [1.29, 1.82) is 0 Å². The fourth-order valence-electron chi connectivity index (χ4n) is 4.37. The summed E-state index contributed by atoms with van der Waals surface area (Å²) in [5.74, 6) is 1.19. The molecule has 1 fully saturated rings. The third kappa shape index (κ3) is 5.79. The van der Waals surface area contributed by atoms with Gasteiger partial charge in [-0.1, -0.05) is 57.5 Å². The van der Waals surface area contributed by atoms with Crippen LogP contribution in [0.5, 0.6) is 5.75 Å². The van der Waals surface area contributed by atoms with E-state index in [4.69, 9.17) is 16.3 Å². The van der Waals surface area contributed by atoms with Gasteiger partial charge in [-0.3, -0.25) is 0 Å². The Kier molecular flexibility index (Phi) is 8.66. The summed E-state index contributed by atoms with van der Waals surface area (Å²) in [7, 11) is 0. The van der Waals surface area contributed by atoms with Crippen molar-refractivity contribution in [3.63, 3.8) is 0 Å². The maximum Gasteiger partial charge on any atom is 0.147 e. The quantitative estimate of drug-likeness (QED) is 0.428. The largest absolute Gasteiger partial charge is 0.481 e. The smallest absolute Gasteiger partial charge is 0.147 e. The van der Waals surface area contributed by atoms with Crippen LogP contribution in [0.1, 0.15) is 78.2 Å². The molecule has 1 N–H and O–H groups in total. The number of aliphatic hydroxyl groups excluding tert-OH is 1. The summed E-state index contributed by atoms with van der Waals surface area (Å²) in [6, 6.07) is 5.94. The Balaban J connectivity index is 2.34. The van der Waals surface area contributed by atoms with Gasteiger partial charge in [0, 0.05) is 18.1 Å². The van der Waals surface area contributed by atoms with E-state index < -0.39 is 5.60 Å². The van der Waals surface area contributed by atoms with Crippen LogP contribution in [0.15, 0.2) is 42.1 Å². The highest BCUT2D eigenvalue weighted by Crippen LogP contribution is 2.39. The Bertz CT molecular complexity index is 724. The van der Waals surface area contributed by atoms with Gasteiger partial charge >= 0.3 is 0 Å². The summed E-state index contributed by atoms with van der Waals surface area (Å²) in [5, 5.41) is 10.7. The van der Waals surface area contributed by atoms with E-state index in [9.17, 15) is 5.11 Å². The summed E-state index contributed by atoms with van der Waals surface area (Å²) in [6.45, 7) is 16.7. The summed E-state index contributed by atoms with van der Waals surface area (Å²) in [4.78, 5) is 2.19. The van der Waals surface area contributed by atoms with Crippen LogP contribution in [0, 0.1) is 0 Å². The molecule has 29 heavy (non-hydrogen) atoms. The molecule has 1 aliphatic heterocycles. The molecule has 0 radical (unpaired) electrons. The molecule has 1 saturated heterocycles. The van der Waals surface area contributed by atoms with Gasteiger partial charge in [0.2, 0.25) is 0 Å². The van der Waals surface area contributed by atoms with Crippen molar-refractivity contribution >= 4 is 11.6 Å². The topological polar surface area (TPSA) is 32.7 Å². The number of nitrogens with zero attached hydrogens (tertiary/aromatic N) is 1. The molecule has 0 saturated carbocycles. The predicted molar refractivity (Wildman–Crippen MR) is 124 cm³/mol. The van der Waals surface area contributed by atoms with Gasteiger partial charge in [0.1, 0.15) is 11.4 Å². The fraction of sp³-hybridized carbons (Fsp3) is 0.600. The molecular weight excluding hydrogens is 382 g/mol. The molecule has 1 aromatic rings. The third-order valence-electron chi connectivity index (χ3n) is 6.20. The van der Waals surface area contributed by atoms with Crippen molar-refractivity contribution in [3.8, 4) is 5.75 Å². The average molecular weight is 420 g/mol. The molecule has 1 aromatic carbocycles. The van der Waals surface area contributed by atoms with Gasteiger partial charge in [-0.2, -0.15) is 0 Å². The number of halogens is 1. The monoisotopic (exact) mass is 419 g/mol. The summed E-state index contributed by atoms with van der Waals surface area (Å²) in [5.41, 5.74) is 3.01. The summed E-state index contributed by atoms with van der Waals surface area (Å²) in [6.07, 6.45) is 6.46. The number of ether oxygens (including phenoxy) is 1. The van der Waals surface area contributed by atoms with E-state index in [0.29, 0.717) is 12.5 Å². The van der Waals surface area contributed by atoms with E-state index in [0.717, 1.165) is 60.7 Å². The Morgan fingerprint density at radius 1 is 1.38 bits per heavy atom. The minimum atomic E-state index is -0.485. The molecule has 3 nitrogen and oxygen atoms in total. The zero-order valence-electron chi connectivity index (χ0n) is 18.8. The van der Waals surface area contributed by atoms with Crippen molar-refractivity contribution in [2.45, 2.75) is 84.3 Å². The van der Waals surface area contributed by atoms with Gasteiger partial charge < -0.3 is 14.7 Å². The van der Waals surface area contributed by atoms with Gasteiger partial charge in [-0.15, -0.1) is 0 Å². The van der Waals surface area contributed by atoms with Crippen LogP contribution in [0.25, 0.3) is 0 Å². The van der Waals surface area contributed by atoms with Crippen molar-refractivity contribution in [1.82, 2.24) is 4.90 Å². The number of rotatable bonds is 10. The average Bonchev–Trinajstić information content (AvgIpc) is 3.13. The molecule has 1 heterocycles. The van der Waals surface area contributed by atoms with Gasteiger partial charge in [0.05, 0.1) is 11.8 Å². The predicted octanol–water partition coefficient (Wildman–Crippen LogP) is 6.71. The molecule has 2 atom stereocenters. The zero-order valence-corrected chi connectivity index (χ0v) is 19.6. The van der Waals surface area contributed by atoms with Crippen LogP contribution in [0.3, 0.4) is 0 Å². The van der Waals surface area contributed by atoms with E-state index in [1.165, 1.54) is 5.57 Å². The number of likely N-dealkylation sites (tertiary alicyclic amines) is 1. The van der Waals surface area contributed by atoms with E-state index in [1.807, 2.05) is 18.2 Å². The second-order valence-electron chi connectivity index (χ2n) is 8.38.